The Morgan fingerprint density at radius 3 is 2.55 bits per heavy atom. The zero-order valence-corrected chi connectivity index (χ0v) is 8.06. The molecule has 1 heterocycles. The van der Waals surface area contributed by atoms with E-state index in [1.54, 1.807) is 0 Å². The summed E-state index contributed by atoms with van der Waals surface area (Å²) in [5, 5.41) is 2.26. The highest BCUT2D eigenvalue weighted by Crippen LogP contribution is 2.33. The molecule has 0 radical (unpaired) electrons. The Bertz CT molecular complexity index is 212. The van der Waals surface area contributed by atoms with Crippen LogP contribution in [0, 0.1) is 5.41 Å². The summed E-state index contributed by atoms with van der Waals surface area (Å²) >= 11 is 3.24. The molecule has 1 N–H and O–H groups in total. The number of rotatable bonds is 0. The second-order valence-electron chi connectivity index (χ2n) is 3.44. The third-order valence-electron chi connectivity index (χ3n) is 1.80. The van der Waals surface area contributed by atoms with Gasteiger partial charge in [0.05, 0.1) is 4.83 Å². The van der Waals surface area contributed by atoms with E-state index in [2.05, 4.69) is 21.2 Å². The topological polar surface area (TPSA) is 46.2 Å². The van der Waals surface area contributed by atoms with Crippen LogP contribution in [0.25, 0.3) is 0 Å². The summed E-state index contributed by atoms with van der Waals surface area (Å²) in [6, 6.07) is 0. The van der Waals surface area contributed by atoms with Gasteiger partial charge < -0.3 is 0 Å². The molecule has 0 aliphatic carbocycles. The number of alkyl halides is 1. The van der Waals surface area contributed by atoms with Gasteiger partial charge in [0.1, 0.15) is 0 Å². The second kappa shape index (κ2) is 2.59. The molecule has 1 rings (SSSR count). The molecule has 1 aliphatic heterocycles. The van der Waals surface area contributed by atoms with Gasteiger partial charge >= 0.3 is 0 Å². The van der Waals surface area contributed by atoms with Gasteiger partial charge in [-0.05, 0) is 5.41 Å². The molecule has 1 saturated heterocycles. The second-order valence-corrected chi connectivity index (χ2v) is 4.36. The first-order valence-electron chi connectivity index (χ1n) is 3.41. The fourth-order valence-corrected chi connectivity index (χ4v) is 1.38. The van der Waals surface area contributed by atoms with Crippen molar-refractivity contribution in [3.63, 3.8) is 0 Å². The van der Waals surface area contributed by atoms with Crippen molar-refractivity contribution in [3.05, 3.63) is 0 Å². The largest absolute Gasteiger partial charge is 0.295 e. The molecule has 0 spiro atoms. The number of amides is 2. The van der Waals surface area contributed by atoms with Gasteiger partial charge in [-0.3, -0.25) is 14.9 Å². The van der Waals surface area contributed by atoms with Crippen LogP contribution in [0.2, 0.25) is 0 Å². The minimum absolute atomic E-state index is 0.185. The molecule has 11 heavy (non-hydrogen) atoms. The molecule has 2 amide bonds. The normalized spacial score (nSPS) is 29.9. The van der Waals surface area contributed by atoms with Gasteiger partial charge in [-0.25, -0.2) is 0 Å². The van der Waals surface area contributed by atoms with E-state index >= 15 is 0 Å². The first-order valence-corrected chi connectivity index (χ1v) is 4.33. The lowest BCUT2D eigenvalue weighted by Gasteiger charge is -2.32. The Morgan fingerprint density at radius 2 is 2.09 bits per heavy atom. The van der Waals surface area contributed by atoms with Crippen LogP contribution >= 0.6 is 15.9 Å². The lowest BCUT2D eigenvalue weighted by molar-refractivity contribution is -0.136. The molecule has 1 atom stereocenters. The number of hydrogen-bond donors (Lipinski definition) is 1. The van der Waals surface area contributed by atoms with Crippen LogP contribution < -0.4 is 5.32 Å². The van der Waals surface area contributed by atoms with Gasteiger partial charge in [0.15, 0.2) is 0 Å². The van der Waals surface area contributed by atoms with Crippen molar-refractivity contribution in [3.8, 4) is 0 Å². The summed E-state index contributed by atoms with van der Waals surface area (Å²) in [7, 11) is 0. The van der Waals surface area contributed by atoms with Crippen molar-refractivity contribution in [2.24, 2.45) is 5.41 Å². The molecule has 0 saturated carbocycles. The first kappa shape index (κ1) is 8.71. The third kappa shape index (κ3) is 1.61. The molecule has 0 aromatic carbocycles. The van der Waals surface area contributed by atoms with Gasteiger partial charge in [-0.15, -0.1) is 0 Å². The minimum Gasteiger partial charge on any atom is -0.295 e. The van der Waals surface area contributed by atoms with Crippen molar-refractivity contribution >= 4 is 27.7 Å². The molecule has 4 heteroatoms. The molecule has 1 unspecified atom stereocenters. The van der Waals surface area contributed by atoms with Gasteiger partial charge in [0, 0.05) is 6.42 Å². The molecule has 3 nitrogen and oxygen atoms in total. The lowest BCUT2D eigenvalue weighted by Crippen LogP contribution is -2.50. The highest BCUT2D eigenvalue weighted by Gasteiger charge is 2.40. The Kier molecular flexibility index (Phi) is 2.05. The predicted octanol–water partition coefficient (Wildman–Crippen LogP) is 0.823. The van der Waals surface area contributed by atoms with E-state index in [0.717, 1.165) is 0 Å². The van der Waals surface area contributed by atoms with Crippen LogP contribution in [-0.4, -0.2) is 16.6 Å². The number of nitrogens with one attached hydrogen (secondary N) is 1. The lowest BCUT2D eigenvalue weighted by atomic mass is 9.82. The number of imide groups is 1. The summed E-state index contributed by atoms with van der Waals surface area (Å²) in [4.78, 5) is 21.7. The summed E-state index contributed by atoms with van der Waals surface area (Å²) in [5.74, 6) is -0.415. The maximum Gasteiger partial charge on any atom is 0.240 e. The molecule has 62 valence electrons. The van der Waals surface area contributed by atoms with Crippen LogP contribution in [0.15, 0.2) is 0 Å². The molecular formula is C7H10BrNO2. The monoisotopic (exact) mass is 219 g/mol. The van der Waals surface area contributed by atoms with E-state index in [0.29, 0.717) is 6.42 Å². The zero-order valence-electron chi connectivity index (χ0n) is 6.48. The fourth-order valence-electron chi connectivity index (χ4n) is 1.10. The summed E-state index contributed by atoms with van der Waals surface area (Å²) in [5.41, 5.74) is -0.264. The number of halogens is 1. The SMILES string of the molecule is CC1(C)CC(=O)NC(=O)C1Br. The quantitative estimate of drug-likeness (QED) is 0.485. The number of carbonyl (C=O) groups excluding carboxylic acids is 2. The van der Waals surface area contributed by atoms with Crippen LogP contribution in [-0.2, 0) is 9.59 Å². The van der Waals surface area contributed by atoms with Crippen molar-refractivity contribution in [1.82, 2.24) is 5.32 Å². The average Bonchev–Trinajstić information content (AvgIpc) is 1.81. The van der Waals surface area contributed by atoms with E-state index in [-0.39, 0.29) is 22.1 Å². The Balaban J connectivity index is 2.83. The van der Waals surface area contributed by atoms with Crippen molar-refractivity contribution in [2.75, 3.05) is 0 Å². The molecular weight excluding hydrogens is 210 g/mol. The van der Waals surface area contributed by atoms with E-state index in [4.69, 9.17) is 0 Å². The maximum atomic E-state index is 11.0. The number of carbonyl (C=O) groups is 2. The first-order chi connectivity index (χ1) is 4.93. The van der Waals surface area contributed by atoms with Gasteiger partial charge in [-0.1, -0.05) is 29.8 Å². The van der Waals surface area contributed by atoms with E-state index in [9.17, 15) is 9.59 Å². The highest BCUT2D eigenvalue weighted by molar-refractivity contribution is 9.10. The third-order valence-corrected chi connectivity index (χ3v) is 3.45. The fraction of sp³-hybridized carbons (Fsp3) is 0.714. The molecule has 1 aliphatic rings. The van der Waals surface area contributed by atoms with E-state index in [1.807, 2.05) is 13.8 Å². The average molecular weight is 220 g/mol. The number of hydrogen-bond acceptors (Lipinski definition) is 2. The van der Waals surface area contributed by atoms with E-state index < -0.39 is 0 Å². The Morgan fingerprint density at radius 1 is 1.55 bits per heavy atom. The standard InChI is InChI=1S/C7H10BrNO2/c1-7(2)3-4(10)9-6(11)5(7)8/h5H,3H2,1-2H3,(H,9,10,11). The molecule has 0 bridgehead atoms. The molecule has 0 aromatic rings. The van der Waals surface area contributed by atoms with Crippen LogP contribution in [0.5, 0.6) is 0 Å². The van der Waals surface area contributed by atoms with Crippen molar-refractivity contribution in [1.29, 1.82) is 0 Å². The van der Waals surface area contributed by atoms with Crippen molar-refractivity contribution < 1.29 is 9.59 Å². The minimum atomic E-state index is -0.264. The van der Waals surface area contributed by atoms with E-state index in [1.165, 1.54) is 0 Å². The maximum absolute atomic E-state index is 11.0. The highest BCUT2D eigenvalue weighted by atomic mass is 79.9. The molecule has 0 aromatic heterocycles. The van der Waals surface area contributed by atoms with Gasteiger partial charge in [0.2, 0.25) is 11.8 Å². The Hall–Kier alpha value is -0.380. The van der Waals surface area contributed by atoms with Crippen LogP contribution in [0.1, 0.15) is 20.3 Å². The van der Waals surface area contributed by atoms with Crippen molar-refractivity contribution in [2.45, 2.75) is 25.1 Å². The summed E-state index contributed by atoms with van der Waals surface area (Å²) < 4.78 is 0. The smallest absolute Gasteiger partial charge is 0.240 e. The summed E-state index contributed by atoms with van der Waals surface area (Å²) in [6.45, 7) is 3.78. The van der Waals surface area contributed by atoms with Crippen LogP contribution in [0.4, 0.5) is 0 Å². The number of piperidine rings is 1. The Labute approximate surface area is 73.7 Å². The predicted molar refractivity (Wildman–Crippen MR) is 44.3 cm³/mol. The molecule has 1 fully saturated rings. The summed E-state index contributed by atoms with van der Waals surface area (Å²) in [6.07, 6.45) is 0.397. The van der Waals surface area contributed by atoms with Gasteiger partial charge in [0.25, 0.3) is 0 Å². The van der Waals surface area contributed by atoms with Gasteiger partial charge in [-0.2, -0.15) is 0 Å². The van der Waals surface area contributed by atoms with Crippen LogP contribution in [0.3, 0.4) is 0 Å². The zero-order chi connectivity index (χ0) is 8.65.